The van der Waals surface area contributed by atoms with Crippen LogP contribution in [0.3, 0.4) is 0 Å². The van der Waals surface area contributed by atoms with Gasteiger partial charge < -0.3 is 4.57 Å². The molecular formula is C22H19N5O2. The molecule has 0 aliphatic heterocycles. The smallest absolute Gasteiger partial charge is 0.287 e. The average molecular weight is 385 g/mol. The molecule has 0 saturated carbocycles. The maximum atomic E-state index is 10.7. The van der Waals surface area contributed by atoms with E-state index in [4.69, 9.17) is 0 Å². The van der Waals surface area contributed by atoms with Crippen LogP contribution in [0.4, 0.5) is 11.5 Å². The Hall–Kier alpha value is -4.00. The van der Waals surface area contributed by atoms with Gasteiger partial charge in [0.05, 0.1) is 11.1 Å². The predicted molar refractivity (Wildman–Crippen MR) is 115 cm³/mol. The first-order chi connectivity index (χ1) is 14.0. The molecule has 29 heavy (non-hydrogen) atoms. The van der Waals surface area contributed by atoms with Gasteiger partial charge in [0.2, 0.25) is 0 Å². The van der Waals surface area contributed by atoms with Gasteiger partial charge in [0.15, 0.2) is 0 Å². The van der Waals surface area contributed by atoms with Crippen LogP contribution in [0.1, 0.15) is 17.0 Å². The molecule has 0 amide bonds. The number of rotatable bonds is 5. The maximum Gasteiger partial charge on any atom is 0.287 e. The van der Waals surface area contributed by atoms with E-state index in [1.807, 2.05) is 19.1 Å². The number of anilines is 1. The Kier molecular flexibility index (Phi) is 4.78. The summed E-state index contributed by atoms with van der Waals surface area (Å²) in [6.07, 6.45) is 2.92. The standard InChI is InChI=1S/C22H19N5O2/c1-15-11-19(13-24-25-22-10-9-21(14-23-22)27(28)29)16(2)26(15)20-8-7-17-5-3-4-6-18(17)12-20/h3-14H,1-2H3,(H,23,25)/b24-13-. The van der Waals surface area contributed by atoms with E-state index in [9.17, 15) is 10.1 Å². The molecule has 0 aliphatic carbocycles. The molecule has 2 aromatic heterocycles. The van der Waals surface area contributed by atoms with E-state index >= 15 is 0 Å². The van der Waals surface area contributed by atoms with Crippen molar-refractivity contribution in [3.05, 3.63) is 93.9 Å². The third-order valence-corrected chi connectivity index (χ3v) is 4.80. The number of hydrogen-bond donors (Lipinski definition) is 1. The van der Waals surface area contributed by atoms with Gasteiger partial charge in [-0.05, 0) is 48.9 Å². The molecule has 7 nitrogen and oxygen atoms in total. The highest BCUT2D eigenvalue weighted by molar-refractivity contribution is 5.85. The lowest BCUT2D eigenvalue weighted by atomic mass is 10.1. The first-order valence-electron chi connectivity index (χ1n) is 9.10. The second-order valence-electron chi connectivity index (χ2n) is 6.72. The topological polar surface area (TPSA) is 85.3 Å². The molecule has 0 unspecified atom stereocenters. The lowest BCUT2D eigenvalue weighted by molar-refractivity contribution is -0.385. The van der Waals surface area contributed by atoms with E-state index in [2.05, 4.69) is 63.4 Å². The number of aromatic nitrogens is 2. The van der Waals surface area contributed by atoms with Crippen molar-refractivity contribution in [2.45, 2.75) is 13.8 Å². The van der Waals surface area contributed by atoms with Crippen LogP contribution in [0.25, 0.3) is 16.5 Å². The fourth-order valence-electron chi connectivity index (χ4n) is 3.36. The van der Waals surface area contributed by atoms with Crippen LogP contribution >= 0.6 is 0 Å². The van der Waals surface area contributed by atoms with Crippen LogP contribution in [0.15, 0.2) is 72.0 Å². The molecule has 0 bridgehead atoms. The minimum Gasteiger partial charge on any atom is -0.318 e. The summed E-state index contributed by atoms with van der Waals surface area (Å²) in [4.78, 5) is 14.2. The Balaban J connectivity index is 1.57. The van der Waals surface area contributed by atoms with Crippen molar-refractivity contribution in [2.24, 2.45) is 5.10 Å². The van der Waals surface area contributed by atoms with E-state index in [0.29, 0.717) is 5.82 Å². The largest absolute Gasteiger partial charge is 0.318 e. The Morgan fingerprint density at radius 2 is 1.86 bits per heavy atom. The molecule has 0 spiro atoms. The molecule has 1 N–H and O–H groups in total. The summed E-state index contributed by atoms with van der Waals surface area (Å²) in [7, 11) is 0. The van der Waals surface area contributed by atoms with E-state index in [1.54, 1.807) is 6.21 Å². The Morgan fingerprint density at radius 3 is 2.59 bits per heavy atom. The summed E-state index contributed by atoms with van der Waals surface area (Å²) >= 11 is 0. The second kappa shape index (κ2) is 7.55. The predicted octanol–water partition coefficient (Wildman–Crippen LogP) is 5.00. The summed E-state index contributed by atoms with van der Waals surface area (Å²) in [6.45, 7) is 4.11. The molecule has 4 rings (SSSR count). The summed E-state index contributed by atoms with van der Waals surface area (Å²) in [6, 6.07) is 19.7. The quantitative estimate of drug-likeness (QED) is 0.298. The van der Waals surface area contributed by atoms with E-state index in [1.165, 1.54) is 29.1 Å². The number of hydrogen-bond acceptors (Lipinski definition) is 5. The first kappa shape index (κ1) is 18.4. The van der Waals surface area contributed by atoms with Gasteiger partial charge in [-0.25, -0.2) is 4.98 Å². The Morgan fingerprint density at radius 1 is 1.07 bits per heavy atom. The number of hydrazone groups is 1. The highest BCUT2D eigenvalue weighted by atomic mass is 16.6. The lowest BCUT2D eigenvalue weighted by Crippen LogP contribution is -2.00. The van der Waals surface area contributed by atoms with Gasteiger partial charge in [0.1, 0.15) is 12.0 Å². The van der Waals surface area contributed by atoms with Crippen molar-refractivity contribution in [1.82, 2.24) is 9.55 Å². The minimum atomic E-state index is -0.484. The Bertz CT molecular complexity index is 1230. The number of benzene rings is 2. The van der Waals surface area contributed by atoms with E-state index < -0.39 is 4.92 Å². The summed E-state index contributed by atoms with van der Waals surface area (Å²) in [5, 5.41) is 17.3. The van der Waals surface area contributed by atoms with Crippen molar-refractivity contribution < 1.29 is 4.92 Å². The molecule has 0 aliphatic rings. The number of aryl methyl sites for hydroxylation is 1. The van der Waals surface area contributed by atoms with Crippen molar-refractivity contribution in [2.75, 3.05) is 5.43 Å². The van der Waals surface area contributed by atoms with Gasteiger partial charge in [-0.15, -0.1) is 0 Å². The average Bonchev–Trinajstić information content (AvgIpc) is 3.01. The third-order valence-electron chi connectivity index (χ3n) is 4.80. The van der Waals surface area contributed by atoms with Crippen molar-refractivity contribution in [1.29, 1.82) is 0 Å². The van der Waals surface area contributed by atoms with Crippen LogP contribution in [-0.2, 0) is 0 Å². The van der Waals surface area contributed by atoms with Crippen LogP contribution in [-0.4, -0.2) is 20.7 Å². The summed E-state index contributed by atoms with van der Waals surface area (Å²) < 4.78 is 2.19. The number of nitro groups is 1. The van der Waals surface area contributed by atoms with Crippen LogP contribution < -0.4 is 5.43 Å². The monoisotopic (exact) mass is 385 g/mol. The zero-order valence-corrected chi connectivity index (χ0v) is 16.0. The van der Waals surface area contributed by atoms with Gasteiger partial charge in [-0.3, -0.25) is 15.5 Å². The van der Waals surface area contributed by atoms with E-state index in [0.717, 1.165) is 22.6 Å². The molecule has 0 saturated heterocycles. The lowest BCUT2D eigenvalue weighted by Gasteiger charge is -2.11. The number of nitrogens with one attached hydrogen (secondary N) is 1. The van der Waals surface area contributed by atoms with Crippen molar-refractivity contribution in [3.8, 4) is 5.69 Å². The molecule has 2 aromatic carbocycles. The first-order valence-corrected chi connectivity index (χ1v) is 9.10. The van der Waals surface area contributed by atoms with E-state index in [-0.39, 0.29) is 5.69 Å². The SMILES string of the molecule is Cc1cc(/C=N\Nc2ccc([N+](=O)[O-])cn2)c(C)n1-c1ccc2ccccc2c1. The molecular weight excluding hydrogens is 366 g/mol. The van der Waals surface area contributed by atoms with Gasteiger partial charge in [-0.2, -0.15) is 5.10 Å². The maximum absolute atomic E-state index is 10.7. The normalized spacial score (nSPS) is 11.2. The van der Waals surface area contributed by atoms with Gasteiger partial charge in [0, 0.05) is 28.7 Å². The molecule has 144 valence electrons. The van der Waals surface area contributed by atoms with Crippen LogP contribution in [0, 0.1) is 24.0 Å². The molecule has 0 radical (unpaired) electrons. The van der Waals surface area contributed by atoms with Gasteiger partial charge >= 0.3 is 0 Å². The zero-order valence-electron chi connectivity index (χ0n) is 16.0. The van der Waals surface area contributed by atoms with Crippen LogP contribution in [0.2, 0.25) is 0 Å². The minimum absolute atomic E-state index is 0.0570. The zero-order chi connectivity index (χ0) is 20.4. The molecule has 7 heteroatoms. The van der Waals surface area contributed by atoms with Crippen molar-refractivity contribution in [3.63, 3.8) is 0 Å². The summed E-state index contributed by atoms with van der Waals surface area (Å²) in [5.74, 6) is 0.440. The highest BCUT2D eigenvalue weighted by Crippen LogP contribution is 2.23. The number of pyridine rings is 1. The second-order valence-corrected chi connectivity index (χ2v) is 6.72. The fraction of sp³-hybridized carbons (Fsp3) is 0.0909. The fourth-order valence-corrected chi connectivity index (χ4v) is 3.36. The highest BCUT2D eigenvalue weighted by Gasteiger charge is 2.10. The van der Waals surface area contributed by atoms with Crippen LogP contribution in [0.5, 0.6) is 0 Å². The summed E-state index contributed by atoms with van der Waals surface area (Å²) in [5.41, 5.74) is 7.00. The Labute approximate surface area is 167 Å². The molecule has 2 heterocycles. The molecule has 4 aromatic rings. The number of fused-ring (bicyclic) bond motifs is 1. The molecule has 0 fully saturated rings. The number of nitrogens with zero attached hydrogens (tertiary/aromatic N) is 4. The molecule has 0 atom stereocenters. The third kappa shape index (κ3) is 3.70. The van der Waals surface area contributed by atoms with Crippen molar-refractivity contribution >= 4 is 28.5 Å². The van der Waals surface area contributed by atoms with Gasteiger partial charge in [-0.1, -0.05) is 30.3 Å². The van der Waals surface area contributed by atoms with Gasteiger partial charge in [0.25, 0.3) is 5.69 Å².